The maximum absolute atomic E-state index is 12.7. The Morgan fingerprint density at radius 3 is 2.58 bits per heavy atom. The summed E-state index contributed by atoms with van der Waals surface area (Å²) in [5.74, 6) is 1.07. The molecule has 0 aromatic heterocycles. The first-order chi connectivity index (χ1) is 17.4. The Bertz CT molecular complexity index is 1260. The number of hydrogen-bond donors (Lipinski definition) is 1. The Hall–Kier alpha value is -3.30. The van der Waals surface area contributed by atoms with Gasteiger partial charge in [-0.2, -0.15) is 15.1 Å². The van der Waals surface area contributed by atoms with Gasteiger partial charge in [0.1, 0.15) is 24.0 Å². The molecule has 2 aromatic carbocycles. The van der Waals surface area contributed by atoms with Gasteiger partial charge in [0.25, 0.3) is 5.91 Å². The number of fused-ring (bicyclic) bond motifs is 1. The summed E-state index contributed by atoms with van der Waals surface area (Å²) in [7, 11) is 0. The lowest BCUT2D eigenvalue weighted by atomic mass is 10.1. The molecule has 1 amide bonds. The highest BCUT2D eigenvalue weighted by Crippen LogP contribution is 2.38. The molecule has 188 valence electrons. The topological polar surface area (TPSA) is 96.6 Å². The molecule has 4 rings (SSSR count). The van der Waals surface area contributed by atoms with Gasteiger partial charge in [0.15, 0.2) is 17.3 Å². The fraction of sp³-hybridized carbons (Fsp3) is 0.308. The van der Waals surface area contributed by atoms with Crippen molar-refractivity contribution in [2.75, 3.05) is 19.8 Å². The van der Waals surface area contributed by atoms with Crippen LogP contribution in [0.4, 0.5) is 0 Å². The van der Waals surface area contributed by atoms with Gasteiger partial charge in [-0.25, -0.2) is 0 Å². The number of aryl methyl sites for hydroxylation is 1. The molecule has 2 heterocycles. The van der Waals surface area contributed by atoms with Gasteiger partial charge in [-0.05, 0) is 74.4 Å². The van der Waals surface area contributed by atoms with E-state index in [1.807, 2.05) is 45.0 Å². The molecule has 0 saturated heterocycles. The highest BCUT2D eigenvalue weighted by Gasteiger charge is 2.35. The number of aliphatic imine (C=N–C) groups is 1. The van der Waals surface area contributed by atoms with Crippen molar-refractivity contribution in [3.63, 3.8) is 0 Å². The summed E-state index contributed by atoms with van der Waals surface area (Å²) in [6.07, 6.45) is 3.26. The second-order valence-electron chi connectivity index (χ2n) is 8.04. The molecule has 0 radical (unpaired) electrons. The van der Waals surface area contributed by atoms with Crippen molar-refractivity contribution in [1.29, 1.82) is 5.41 Å². The zero-order valence-corrected chi connectivity index (χ0v) is 21.9. The monoisotopic (exact) mass is 526 g/mol. The first kappa shape index (κ1) is 25.8. The summed E-state index contributed by atoms with van der Waals surface area (Å²) in [6.45, 7) is 6.92. The van der Waals surface area contributed by atoms with E-state index in [1.54, 1.807) is 18.2 Å². The first-order valence-corrected chi connectivity index (χ1v) is 12.9. The van der Waals surface area contributed by atoms with E-state index in [2.05, 4.69) is 10.1 Å². The average Bonchev–Trinajstić information content (AvgIpc) is 3.25. The summed E-state index contributed by atoms with van der Waals surface area (Å²) in [5.41, 5.74) is 1.87. The zero-order valence-electron chi connectivity index (χ0n) is 20.3. The molecular formula is C26H27ClN4O4S. The van der Waals surface area contributed by atoms with E-state index in [1.165, 1.54) is 16.8 Å². The van der Waals surface area contributed by atoms with E-state index in [0.717, 1.165) is 29.2 Å². The molecule has 2 aliphatic rings. The molecule has 0 aliphatic carbocycles. The molecular weight excluding hydrogens is 500 g/mol. The zero-order chi connectivity index (χ0) is 25.7. The van der Waals surface area contributed by atoms with E-state index in [4.69, 9.17) is 31.2 Å². The minimum Gasteiger partial charge on any atom is -0.490 e. The van der Waals surface area contributed by atoms with Crippen LogP contribution >= 0.6 is 23.4 Å². The molecule has 10 heteroatoms. The van der Waals surface area contributed by atoms with Crippen LogP contribution in [-0.2, 0) is 4.79 Å². The Morgan fingerprint density at radius 2 is 1.86 bits per heavy atom. The molecule has 0 spiro atoms. The van der Waals surface area contributed by atoms with E-state index >= 15 is 0 Å². The van der Waals surface area contributed by atoms with Gasteiger partial charge < -0.3 is 14.2 Å². The third-order valence-corrected chi connectivity index (χ3v) is 6.47. The van der Waals surface area contributed by atoms with Gasteiger partial charge in [-0.15, -0.1) is 0 Å². The molecule has 36 heavy (non-hydrogen) atoms. The lowest BCUT2D eigenvalue weighted by Crippen LogP contribution is -2.35. The van der Waals surface area contributed by atoms with Crippen molar-refractivity contribution in [1.82, 2.24) is 5.01 Å². The molecule has 0 atom stereocenters. The molecule has 0 fully saturated rings. The first-order valence-electron chi connectivity index (χ1n) is 11.7. The number of benzene rings is 2. The molecule has 0 unspecified atom stereocenters. The van der Waals surface area contributed by atoms with Crippen LogP contribution in [0.15, 0.2) is 52.1 Å². The Kier molecular flexibility index (Phi) is 8.32. The number of amidine groups is 2. The minimum atomic E-state index is -0.491. The Labute approximate surface area is 219 Å². The molecule has 2 aromatic rings. The molecule has 1 N–H and O–H groups in total. The lowest BCUT2D eigenvalue weighted by Gasteiger charge is -2.20. The SMILES string of the molecule is CCCC1=NN2C(=N)C(=Cc3cc(Cl)c(OCCOc4ccc(C)cc4)c(OCC)c3)C(=O)N=C2S1. The fourth-order valence-corrected chi connectivity index (χ4v) is 4.79. The maximum atomic E-state index is 12.7. The van der Waals surface area contributed by atoms with Crippen LogP contribution in [0.1, 0.15) is 37.8 Å². The highest BCUT2D eigenvalue weighted by atomic mass is 35.5. The Balaban J connectivity index is 1.50. The molecule has 8 nitrogen and oxygen atoms in total. The number of carbonyl (C=O) groups is 1. The van der Waals surface area contributed by atoms with Crippen LogP contribution in [0, 0.1) is 12.3 Å². The van der Waals surface area contributed by atoms with E-state index in [-0.39, 0.29) is 18.0 Å². The number of hydrogen-bond acceptors (Lipinski definition) is 7. The second kappa shape index (κ2) is 11.6. The van der Waals surface area contributed by atoms with Crippen LogP contribution in [0.3, 0.4) is 0 Å². The minimum absolute atomic E-state index is 0.0220. The van der Waals surface area contributed by atoms with Crippen molar-refractivity contribution in [2.45, 2.75) is 33.6 Å². The van der Waals surface area contributed by atoms with Gasteiger partial charge in [-0.1, -0.05) is 36.2 Å². The number of hydrazone groups is 1. The van der Waals surface area contributed by atoms with Crippen LogP contribution in [-0.4, -0.2) is 46.8 Å². The van der Waals surface area contributed by atoms with Crippen molar-refractivity contribution in [2.24, 2.45) is 10.1 Å². The predicted octanol–water partition coefficient (Wildman–Crippen LogP) is 5.92. The lowest BCUT2D eigenvalue weighted by molar-refractivity contribution is -0.114. The number of nitrogens with zero attached hydrogens (tertiary/aromatic N) is 3. The number of carbonyl (C=O) groups excluding carboxylic acids is 1. The van der Waals surface area contributed by atoms with Gasteiger partial charge in [0, 0.05) is 0 Å². The molecule has 0 bridgehead atoms. The van der Waals surface area contributed by atoms with Crippen molar-refractivity contribution >= 4 is 51.4 Å². The van der Waals surface area contributed by atoms with Gasteiger partial charge >= 0.3 is 0 Å². The van der Waals surface area contributed by atoms with Crippen molar-refractivity contribution in [3.05, 3.63) is 58.1 Å². The number of thioether (sulfide) groups is 1. The normalized spacial score (nSPS) is 16.1. The highest BCUT2D eigenvalue weighted by molar-refractivity contribution is 8.26. The predicted molar refractivity (Wildman–Crippen MR) is 145 cm³/mol. The van der Waals surface area contributed by atoms with Crippen molar-refractivity contribution in [3.8, 4) is 17.2 Å². The maximum Gasteiger partial charge on any atom is 0.283 e. The van der Waals surface area contributed by atoms with Gasteiger partial charge in [0.05, 0.1) is 17.2 Å². The van der Waals surface area contributed by atoms with Gasteiger partial charge in [0.2, 0.25) is 5.17 Å². The standard InChI is InChI=1S/C26H27ClN4O4S/c1-4-6-22-30-31-24(28)19(25(32)29-26(31)36-22)13-17-14-20(27)23(21(15-17)33-5-2)35-12-11-34-18-9-7-16(3)8-10-18/h7-10,13-15,28H,4-6,11-12H2,1-3H3. The van der Waals surface area contributed by atoms with E-state index in [0.29, 0.717) is 40.5 Å². The van der Waals surface area contributed by atoms with Crippen LogP contribution < -0.4 is 14.2 Å². The average molecular weight is 527 g/mol. The molecule has 2 aliphatic heterocycles. The fourth-order valence-electron chi connectivity index (χ4n) is 3.53. The summed E-state index contributed by atoms with van der Waals surface area (Å²) >= 11 is 7.87. The van der Waals surface area contributed by atoms with Crippen LogP contribution in [0.5, 0.6) is 17.2 Å². The van der Waals surface area contributed by atoms with Crippen LogP contribution in [0.25, 0.3) is 6.08 Å². The van der Waals surface area contributed by atoms with E-state index in [9.17, 15) is 4.79 Å². The number of nitrogens with one attached hydrogen (secondary N) is 1. The largest absolute Gasteiger partial charge is 0.490 e. The van der Waals surface area contributed by atoms with Crippen LogP contribution in [0.2, 0.25) is 5.02 Å². The second-order valence-corrected chi connectivity index (χ2v) is 9.48. The summed E-state index contributed by atoms with van der Waals surface area (Å²) in [4.78, 5) is 16.8. The smallest absolute Gasteiger partial charge is 0.283 e. The third kappa shape index (κ3) is 5.91. The third-order valence-electron chi connectivity index (χ3n) is 5.22. The number of ether oxygens (including phenoxy) is 3. The number of halogens is 1. The Morgan fingerprint density at radius 1 is 1.11 bits per heavy atom. The summed E-state index contributed by atoms with van der Waals surface area (Å²) < 4.78 is 17.4. The quantitative estimate of drug-likeness (QED) is 0.305. The summed E-state index contributed by atoms with van der Waals surface area (Å²) in [5, 5.41) is 15.9. The number of rotatable bonds is 10. The van der Waals surface area contributed by atoms with Crippen molar-refractivity contribution < 1.29 is 19.0 Å². The number of amides is 1. The molecule has 0 saturated carbocycles. The van der Waals surface area contributed by atoms with E-state index < -0.39 is 5.91 Å². The van der Waals surface area contributed by atoms with Gasteiger partial charge in [-0.3, -0.25) is 10.2 Å². The summed E-state index contributed by atoms with van der Waals surface area (Å²) in [6, 6.07) is 11.2.